The van der Waals surface area contributed by atoms with E-state index < -0.39 is 6.10 Å². The zero-order valence-electron chi connectivity index (χ0n) is 11.7. The van der Waals surface area contributed by atoms with Gasteiger partial charge in [0.2, 0.25) is 0 Å². The molecule has 0 radical (unpaired) electrons. The van der Waals surface area contributed by atoms with Crippen molar-refractivity contribution >= 4 is 0 Å². The Labute approximate surface area is 119 Å². The molecule has 0 aliphatic carbocycles. The van der Waals surface area contributed by atoms with Crippen molar-refractivity contribution in [2.45, 2.75) is 19.1 Å². The largest absolute Gasteiger partial charge is 0.494 e. The molecule has 0 saturated carbocycles. The lowest BCUT2D eigenvalue weighted by molar-refractivity contribution is -0.0454. The Morgan fingerprint density at radius 1 is 1.35 bits per heavy atom. The lowest BCUT2D eigenvalue weighted by atomic mass is 9.97. The Morgan fingerprint density at radius 2 is 2.15 bits per heavy atom. The third-order valence-corrected chi connectivity index (χ3v) is 3.90. The van der Waals surface area contributed by atoms with Crippen molar-refractivity contribution in [1.29, 1.82) is 0 Å². The molecule has 1 N–H and O–H groups in total. The van der Waals surface area contributed by atoms with Gasteiger partial charge in [-0.05, 0) is 25.1 Å². The van der Waals surface area contributed by atoms with Gasteiger partial charge >= 0.3 is 0 Å². The van der Waals surface area contributed by atoms with Crippen LogP contribution in [0.2, 0.25) is 0 Å². The fourth-order valence-corrected chi connectivity index (χ4v) is 2.83. The lowest BCUT2D eigenvalue weighted by Crippen LogP contribution is -2.50. The van der Waals surface area contributed by atoms with Crippen LogP contribution in [0.3, 0.4) is 0 Å². The Kier molecular flexibility index (Phi) is 4.10. The van der Waals surface area contributed by atoms with Crippen LogP contribution in [0.1, 0.15) is 18.6 Å². The highest BCUT2D eigenvalue weighted by Crippen LogP contribution is 2.36. The number of nitrogens with zero attached hydrogens (tertiary/aromatic N) is 1. The van der Waals surface area contributed by atoms with Crippen molar-refractivity contribution in [2.75, 3.05) is 39.5 Å². The van der Waals surface area contributed by atoms with Crippen LogP contribution < -0.4 is 9.47 Å². The van der Waals surface area contributed by atoms with Gasteiger partial charge in [-0.1, -0.05) is 0 Å². The van der Waals surface area contributed by atoms with Crippen LogP contribution in [0, 0.1) is 0 Å². The molecule has 0 aromatic heterocycles. The van der Waals surface area contributed by atoms with Crippen LogP contribution in [0.25, 0.3) is 0 Å². The van der Waals surface area contributed by atoms with Crippen molar-refractivity contribution in [3.8, 4) is 11.5 Å². The molecular weight excluding hydrogens is 258 g/mol. The fourth-order valence-electron chi connectivity index (χ4n) is 2.83. The van der Waals surface area contributed by atoms with Gasteiger partial charge in [0, 0.05) is 18.7 Å². The Morgan fingerprint density at radius 3 is 2.90 bits per heavy atom. The second kappa shape index (κ2) is 5.99. The minimum atomic E-state index is -0.544. The molecule has 5 heteroatoms. The Balaban J connectivity index is 1.80. The summed E-state index contributed by atoms with van der Waals surface area (Å²) in [7, 11) is 0. The SMILES string of the molecule is CCOc1ccc2c(c1)C(O)C(N1CCOCC1)CO2. The average molecular weight is 279 g/mol. The monoisotopic (exact) mass is 279 g/mol. The number of aliphatic hydroxyl groups is 1. The fraction of sp³-hybridized carbons (Fsp3) is 0.600. The highest BCUT2D eigenvalue weighted by molar-refractivity contribution is 5.43. The second-order valence-electron chi connectivity index (χ2n) is 5.10. The van der Waals surface area contributed by atoms with Crippen molar-refractivity contribution in [3.63, 3.8) is 0 Å². The molecule has 0 spiro atoms. The molecule has 2 heterocycles. The molecule has 0 bridgehead atoms. The summed E-state index contributed by atoms with van der Waals surface area (Å²) in [6, 6.07) is 5.63. The maximum atomic E-state index is 10.6. The van der Waals surface area contributed by atoms with Crippen LogP contribution in [0.15, 0.2) is 18.2 Å². The maximum absolute atomic E-state index is 10.6. The van der Waals surface area contributed by atoms with Gasteiger partial charge in [-0.2, -0.15) is 0 Å². The van der Waals surface area contributed by atoms with Crippen LogP contribution in [0.4, 0.5) is 0 Å². The summed E-state index contributed by atoms with van der Waals surface area (Å²) in [6.07, 6.45) is -0.544. The molecule has 2 unspecified atom stereocenters. The van der Waals surface area contributed by atoms with E-state index in [-0.39, 0.29) is 6.04 Å². The third kappa shape index (κ3) is 2.61. The smallest absolute Gasteiger partial charge is 0.125 e. The molecule has 20 heavy (non-hydrogen) atoms. The number of hydrogen-bond acceptors (Lipinski definition) is 5. The molecule has 2 atom stereocenters. The predicted molar refractivity (Wildman–Crippen MR) is 74.2 cm³/mol. The highest BCUT2D eigenvalue weighted by atomic mass is 16.5. The van der Waals surface area contributed by atoms with Crippen molar-refractivity contribution < 1.29 is 19.3 Å². The van der Waals surface area contributed by atoms with E-state index in [2.05, 4.69) is 4.90 Å². The number of hydrogen-bond donors (Lipinski definition) is 1. The summed E-state index contributed by atoms with van der Waals surface area (Å²) in [5, 5.41) is 10.6. The quantitative estimate of drug-likeness (QED) is 0.901. The Hall–Kier alpha value is -1.30. The van der Waals surface area contributed by atoms with E-state index in [4.69, 9.17) is 14.2 Å². The van der Waals surface area contributed by atoms with Gasteiger partial charge in [0.15, 0.2) is 0 Å². The molecule has 110 valence electrons. The topological polar surface area (TPSA) is 51.2 Å². The van der Waals surface area contributed by atoms with E-state index in [1.807, 2.05) is 25.1 Å². The van der Waals surface area contributed by atoms with Gasteiger partial charge in [0.1, 0.15) is 24.2 Å². The summed E-state index contributed by atoms with van der Waals surface area (Å²) in [5.41, 5.74) is 0.818. The van der Waals surface area contributed by atoms with Crippen LogP contribution >= 0.6 is 0 Å². The summed E-state index contributed by atoms with van der Waals surface area (Å²) in [6.45, 7) is 6.19. The molecule has 2 aliphatic rings. The number of aliphatic hydroxyl groups excluding tert-OH is 1. The molecular formula is C15H21NO4. The number of morpholine rings is 1. The van der Waals surface area contributed by atoms with E-state index in [0.717, 1.165) is 43.4 Å². The summed E-state index contributed by atoms with van der Waals surface area (Å²) < 4.78 is 16.7. The molecule has 1 saturated heterocycles. The van der Waals surface area contributed by atoms with Crippen molar-refractivity contribution in [3.05, 3.63) is 23.8 Å². The first-order valence-electron chi connectivity index (χ1n) is 7.19. The van der Waals surface area contributed by atoms with Crippen molar-refractivity contribution in [2.24, 2.45) is 0 Å². The van der Waals surface area contributed by atoms with E-state index in [1.165, 1.54) is 0 Å². The highest BCUT2D eigenvalue weighted by Gasteiger charge is 2.34. The molecule has 0 amide bonds. The summed E-state index contributed by atoms with van der Waals surface area (Å²) in [4.78, 5) is 2.24. The lowest BCUT2D eigenvalue weighted by Gasteiger charge is -2.40. The molecule has 2 aliphatic heterocycles. The van der Waals surface area contributed by atoms with E-state index in [0.29, 0.717) is 13.2 Å². The number of ether oxygens (including phenoxy) is 3. The van der Waals surface area contributed by atoms with Crippen LogP contribution in [-0.4, -0.2) is 55.6 Å². The second-order valence-corrected chi connectivity index (χ2v) is 5.10. The first-order chi connectivity index (χ1) is 9.79. The number of benzene rings is 1. The van der Waals surface area contributed by atoms with Gasteiger partial charge in [-0.3, -0.25) is 4.90 Å². The van der Waals surface area contributed by atoms with Crippen molar-refractivity contribution in [1.82, 2.24) is 4.90 Å². The van der Waals surface area contributed by atoms with E-state index in [1.54, 1.807) is 0 Å². The summed E-state index contributed by atoms with van der Waals surface area (Å²) >= 11 is 0. The number of fused-ring (bicyclic) bond motifs is 1. The first kappa shape index (κ1) is 13.7. The van der Waals surface area contributed by atoms with Gasteiger partial charge in [0.05, 0.1) is 25.9 Å². The molecule has 3 rings (SSSR count). The van der Waals surface area contributed by atoms with Gasteiger partial charge in [-0.15, -0.1) is 0 Å². The Bertz CT molecular complexity index is 459. The predicted octanol–water partition coefficient (Wildman–Crippen LogP) is 1.21. The standard InChI is InChI=1S/C15H21NO4/c1-2-19-11-3-4-14-12(9-11)15(17)13(10-20-14)16-5-7-18-8-6-16/h3-4,9,13,15,17H,2,5-8,10H2,1H3. The van der Waals surface area contributed by atoms with Gasteiger partial charge in [-0.25, -0.2) is 0 Å². The molecule has 1 aromatic rings. The third-order valence-electron chi connectivity index (χ3n) is 3.90. The normalized spacial score (nSPS) is 26.7. The van der Waals surface area contributed by atoms with E-state index >= 15 is 0 Å². The maximum Gasteiger partial charge on any atom is 0.125 e. The molecule has 1 fully saturated rings. The van der Waals surface area contributed by atoms with Crippen LogP contribution in [-0.2, 0) is 4.74 Å². The van der Waals surface area contributed by atoms with Gasteiger partial charge < -0.3 is 19.3 Å². The average Bonchev–Trinajstić information content (AvgIpc) is 2.49. The summed E-state index contributed by atoms with van der Waals surface area (Å²) in [5.74, 6) is 1.53. The molecule has 1 aromatic carbocycles. The minimum absolute atomic E-state index is 0.0109. The zero-order chi connectivity index (χ0) is 13.9. The van der Waals surface area contributed by atoms with Crippen LogP contribution in [0.5, 0.6) is 11.5 Å². The molecule has 5 nitrogen and oxygen atoms in total. The zero-order valence-corrected chi connectivity index (χ0v) is 11.7. The number of rotatable bonds is 3. The van der Waals surface area contributed by atoms with E-state index in [9.17, 15) is 5.11 Å². The first-order valence-corrected chi connectivity index (χ1v) is 7.19. The minimum Gasteiger partial charge on any atom is -0.494 e. The van der Waals surface area contributed by atoms with Gasteiger partial charge in [0.25, 0.3) is 0 Å².